The van der Waals surface area contributed by atoms with Gasteiger partial charge in [0.25, 0.3) is 0 Å². The number of aromatic nitrogens is 2. The highest BCUT2D eigenvalue weighted by Gasteiger charge is 2.29. The third kappa shape index (κ3) is 6.78. The third-order valence-electron chi connectivity index (χ3n) is 6.41. The number of thiol groups is 1. The van der Waals surface area contributed by atoms with E-state index in [0.717, 1.165) is 32.9 Å². The lowest BCUT2D eigenvalue weighted by Gasteiger charge is -2.23. The lowest BCUT2D eigenvalue weighted by molar-refractivity contribution is -0.138. The van der Waals surface area contributed by atoms with E-state index in [-0.39, 0.29) is 18.6 Å². The van der Waals surface area contributed by atoms with Crippen molar-refractivity contribution < 1.29 is 24.3 Å². The van der Waals surface area contributed by atoms with E-state index in [1.807, 2.05) is 48.5 Å². The Labute approximate surface area is 229 Å². The Hall–Kier alpha value is -4.29. The van der Waals surface area contributed by atoms with Crippen LogP contribution in [-0.2, 0) is 32.0 Å². The molecule has 3 atom stereocenters. The van der Waals surface area contributed by atoms with Crippen LogP contribution in [0.3, 0.4) is 0 Å². The van der Waals surface area contributed by atoms with Crippen LogP contribution in [0.25, 0.3) is 21.8 Å². The van der Waals surface area contributed by atoms with E-state index in [1.54, 1.807) is 12.4 Å². The fourth-order valence-corrected chi connectivity index (χ4v) is 4.65. The van der Waals surface area contributed by atoms with Crippen molar-refractivity contribution in [3.63, 3.8) is 0 Å². The third-order valence-corrected chi connectivity index (χ3v) is 6.78. The van der Waals surface area contributed by atoms with Crippen molar-refractivity contribution in [2.75, 3.05) is 12.3 Å². The molecule has 0 radical (unpaired) electrons. The molecule has 0 aliphatic rings. The summed E-state index contributed by atoms with van der Waals surface area (Å²) >= 11 is 4.12. The van der Waals surface area contributed by atoms with E-state index in [0.29, 0.717) is 0 Å². The minimum Gasteiger partial charge on any atom is -0.480 e. The van der Waals surface area contributed by atoms with Crippen LogP contribution in [0.2, 0.25) is 0 Å². The molecule has 0 fully saturated rings. The Morgan fingerprint density at radius 3 is 1.90 bits per heavy atom. The van der Waals surface area contributed by atoms with Crippen LogP contribution in [0.1, 0.15) is 11.1 Å². The second-order valence-electron chi connectivity index (χ2n) is 9.15. The average molecular weight is 551 g/mol. The number of carboxylic acid groups (broad SMARTS) is 1. The van der Waals surface area contributed by atoms with Crippen molar-refractivity contribution in [1.29, 1.82) is 0 Å². The number of para-hydroxylation sites is 2. The Morgan fingerprint density at radius 1 is 0.795 bits per heavy atom. The number of carboxylic acids is 1. The molecule has 4 rings (SSSR count). The number of carbonyl (C=O) groups excluding carboxylic acids is 3. The molecule has 8 N–H and O–H groups in total. The first-order valence-corrected chi connectivity index (χ1v) is 13.0. The van der Waals surface area contributed by atoms with Gasteiger partial charge in [0.05, 0.1) is 6.04 Å². The van der Waals surface area contributed by atoms with Crippen molar-refractivity contribution in [2.24, 2.45) is 5.73 Å². The largest absolute Gasteiger partial charge is 0.480 e. The summed E-state index contributed by atoms with van der Waals surface area (Å²) in [5.41, 5.74) is 9.71. The molecule has 12 heteroatoms. The summed E-state index contributed by atoms with van der Waals surface area (Å²) in [5, 5.41) is 18.2. The molecule has 0 aliphatic carbocycles. The standard InChI is InChI=1S/C27H30N6O5S/c28-19(9-15-11-29-20-7-3-1-5-17(15)20)25(36)32-22(10-16-12-30-21-8-4-2-6-18(16)21)27(38)33-23(14-39)26(37)31-13-24(34)35/h1-8,11-12,19,22-23,29-30,39H,9-10,13-14,28H2,(H,31,37)(H,32,36)(H,33,38)(H,34,35). The van der Waals surface area contributed by atoms with Gasteiger partial charge in [0.15, 0.2) is 0 Å². The van der Waals surface area contributed by atoms with Crippen LogP contribution in [-0.4, -0.2) is 69.2 Å². The quantitative estimate of drug-likeness (QED) is 0.121. The number of aliphatic carboxylic acids is 1. The molecule has 11 nitrogen and oxygen atoms in total. The predicted octanol–water partition coefficient (Wildman–Crippen LogP) is 0.862. The molecule has 2 heterocycles. The van der Waals surface area contributed by atoms with Crippen LogP contribution < -0.4 is 21.7 Å². The van der Waals surface area contributed by atoms with E-state index < -0.39 is 48.4 Å². The first-order chi connectivity index (χ1) is 18.8. The first kappa shape index (κ1) is 27.7. The maximum atomic E-state index is 13.4. The molecule has 204 valence electrons. The molecule has 3 amide bonds. The van der Waals surface area contributed by atoms with Crippen LogP contribution in [0.5, 0.6) is 0 Å². The number of benzene rings is 2. The van der Waals surface area contributed by atoms with Gasteiger partial charge < -0.3 is 36.8 Å². The van der Waals surface area contributed by atoms with Crippen molar-refractivity contribution in [3.8, 4) is 0 Å². The normalized spacial score (nSPS) is 13.5. The van der Waals surface area contributed by atoms with E-state index in [2.05, 4.69) is 38.5 Å². The highest BCUT2D eigenvalue weighted by molar-refractivity contribution is 7.80. The molecule has 39 heavy (non-hydrogen) atoms. The van der Waals surface area contributed by atoms with Gasteiger partial charge >= 0.3 is 5.97 Å². The summed E-state index contributed by atoms with van der Waals surface area (Å²) in [7, 11) is 0. The highest BCUT2D eigenvalue weighted by atomic mass is 32.1. The van der Waals surface area contributed by atoms with Crippen LogP contribution >= 0.6 is 12.6 Å². The molecule has 0 aliphatic heterocycles. The maximum Gasteiger partial charge on any atom is 0.322 e. The van der Waals surface area contributed by atoms with Crippen molar-refractivity contribution in [1.82, 2.24) is 25.9 Å². The van der Waals surface area contributed by atoms with Gasteiger partial charge in [-0.15, -0.1) is 0 Å². The van der Waals surface area contributed by atoms with Gasteiger partial charge in [-0.1, -0.05) is 36.4 Å². The molecule has 2 aromatic heterocycles. The van der Waals surface area contributed by atoms with E-state index in [9.17, 15) is 19.2 Å². The molecule has 0 bridgehead atoms. The average Bonchev–Trinajstić information content (AvgIpc) is 3.53. The number of carbonyl (C=O) groups is 4. The molecule has 4 aromatic rings. The summed E-state index contributed by atoms with van der Waals surface area (Å²) in [6.07, 6.45) is 3.94. The second kappa shape index (κ2) is 12.5. The fraction of sp³-hybridized carbons (Fsp3) is 0.259. The SMILES string of the molecule is NC(Cc1c[nH]c2ccccc12)C(=O)NC(Cc1c[nH]c2ccccc12)C(=O)NC(CS)C(=O)NCC(=O)O. The van der Waals surface area contributed by atoms with Gasteiger partial charge in [0.1, 0.15) is 18.6 Å². The Morgan fingerprint density at radius 2 is 1.33 bits per heavy atom. The summed E-state index contributed by atoms with van der Waals surface area (Å²) in [5.74, 6) is -3.16. The fourth-order valence-electron chi connectivity index (χ4n) is 4.39. The number of amides is 3. The van der Waals surface area contributed by atoms with Gasteiger partial charge in [-0.25, -0.2) is 0 Å². The minimum atomic E-state index is -1.22. The lowest BCUT2D eigenvalue weighted by Crippen LogP contribution is -2.57. The van der Waals surface area contributed by atoms with Gasteiger partial charge in [0, 0.05) is 46.4 Å². The van der Waals surface area contributed by atoms with Crippen LogP contribution in [0, 0.1) is 0 Å². The van der Waals surface area contributed by atoms with Gasteiger partial charge in [-0.2, -0.15) is 12.6 Å². The zero-order valence-electron chi connectivity index (χ0n) is 20.9. The Bertz CT molecular complexity index is 1500. The topological polar surface area (TPSA) is 182 Å². The second-order valence-corrected chi connectivity index (χ2v) is 9.52. The van der Waals surface area contributed by atoms with Crippen molar-refractivity contribution >= 4 is 58.1 Å². The van der Waals surface area contributed by atoms with Crippen LogP contribution in [0.15, 0.2) is 60.9 Å². The van der Waals surface area contributed by atoms with Gasteiger partial charge in [-0.05, 0) is 29.7 Å². The number of nitrogens with one attached hydrogen (secondary N) is 5. The predicted molar refractivity (Wildman–Crippen MR) is 150 cm³/mol. The molecular formula is C27H30N6O5S. The first-order valence-electron chi connectivity index (χ1n) is 12.3. The molecule has 0 spiro atoms. The smallest absolute Gasteiger partial charge is 0.322 e. The number of hydrogen-bond donors (Lipinski definition) is 8. The van der Waals surface area contributed by atoms with E-state index >= 15 is 0 Å². The molecule has 3 unspecified atom stereocenters. The van der Waals surface area contributed by atoms with Crippen LogP contribution in [0.4, 0.5) is 0 Å². The zero-order chi connectivity index (χ0) is 27.9. The number of hydrogen-bond acceptors (Lipinski definition) is 6. The lowest BCUT2D eigenvalue weighted by atomic mass is 10.0. The number of fused-ring (bicyclic) bond motifs is 2. The molecule has 2 aromatic carbocycles. The molecular weight excluding hydrogens is 520 g/mol. The number of rotatable bonds is 12. The van der Waals surface area contributed by atoms with Gasteiger partial charge in [-0.3, -0.25) is 19.2 Å². The van der Waals surface area contributed by atoms with E-state index in [4.69, 9.17) is 10.8 Å². The summed E-state index contributed by atoms with van der Waals surface area (Å²) in [4.78, 5) is 56.1. The molecule has 0 saturated carbocycles. The Balaban J connectivity index is 1.51. The zero-order valence-corrected chi connectivity index (χ0v) is 21.8. The van der Waals surface area contributed by atoms with Crippen molar-refractivity contribution in [3.05, 3.63) is 72.1 Å². The summed E-state index contributed by atoms with van der Waals surface area (Å²) in [6.45, 7) is -0.600. The summed E-state index contributed by atoms with van der Waals surface area (Å²) in [6, 6.07) is 12.1. The highest BCUT2D eigenvalue weighted by Crippen LogP contribution is 2.20. The Kier molecular flexibility index (Phi) is 8.89. The number of H-pyrrole nitrogens is 2. The number of aromatic amines is 2. The van der Waals surface area contributed by atoms with Gasteiger partial charge in [0.2, 0.25) is 17.7 Å². The minimum absolute atomic E-state index is 0.0784. The molecule has 0 saturated heterocycles. The van der Waals surface area contributed by atoms with E-state index in [1.165, 1.54) is 0 Å². The maximum absolute atomic E-state index is 13.4. The summed E-state index contributed by atoms with van der Waals surface area (Å²) < 4.78 is 0. The van der Waals surface area contributed by atoms with Crippen molar-refractivity contribution in [2.45, 2.75) is 31.0 Å². The number of nitrogens with two attached hydrogens (primary N) is 1. The monoisotopic (exact) mass is 550 g/mol.